The Balaban J connectivity index is 2.50. The van der Waals surface area contributed by atoms with Gasteiger partial charge >= 0.3 is 12.1 Å². The molecule has 1 aromatic carbocycles. The van der Waals surface area contributed by atoms with Crippen LogP contribution in [-0.2, 0) is 30.9 Å². The molecule has 2 N–H and O–H groups in total. The second kappa shape index (κ2) is 7.63. The van der Waals surface area contributed by atoms with Crippen LogP contribution in [0.2, 0.25) is 0 Å². The van der Waals surface area contributed by atoms with Crippen molar-refractivity contribution in [2.45, 2.75) is 37.9 Å². The van der Waals surface area contributed by atoms with E-state index in [9.17, 15) is 18.0 Å². The number of likely N-dealkylation sites (N-methyl/N-ethyl adjacent to an activating group) is 1. The molecule has 0 heterocycles. The van der Waals surface area contributed by atoms with E-state index in [1.807, 2.05) is 0 Å². The summed E-state index contributed by atoms with van der Waals surface area (Å²) in [5, 5.41) is 4.99. The maximum atomic E-state index is 11.7. The van der Waals surface area contributed by atoms with Crippen molar-refractivity contribution < 1.29 is 27.5 Å². The van der Waals surface area contributed by atoms with Crippen molar-refractivity contribution >= 4 is 22.1 Å². The SMILES string of the molecule is CN(CC(=O)OCc1ccc(S(N)(=O)=O)cc1)C(=O)OC(C)(C)C. The summed E-state index contributed by atoms with van der Waals surface area (Å²) < 4.78 is 32.4. The molecule has 0 spiro atoms. The highest BCUT2D eigenvalue weighted by Crippen LogP contribution is 2.11. The third-order valence-corrected chi connectivity index (χ3v) is 3.65. The van der Waals surface area contributed by atoms with E-state index < -0.39 is 27.7 Å². The molecule has 9 heteroatoms. The maximum Gasteiger partial charge on any atom is 0.410 e. The summed E-state index contributed by atoms with van der Waals surface area (Å²) >= 11 is 0. The molecular weight excluding hydrogens is 336 g/mol. The first-order valence-electron chi connectivity index (χ1n) is 7.10. The lowest BCUT2D eigenvalue weighted by Crippen LogP contribution is -2.37. The fourth-order valence-electron chi connectivity index (χ4n) is 1.58. The topological polar surface area (TPSA) is 116 Å². The number of benzene rings is 1. The number of amides is 1. The Hall–Kier alpha value is -2.13. The highest BCUT2D eigenvalue weighted by Gasteiger charge is 2.21. The number of nitrogens with zero attached hydrogens (tertiary/aromatic N) is 1. The van der Waals surface area contributed by atoms with Crippen LogP contribution in [0.15, 0.2) is 29.2 Å². The van der Waals surface area contributed by atoms with Gasteiger partial charge in [-0.2, -0.15) is 0 Å². The van der Waals surface area contributed by atoms with Crippen molar-refractivity contribution in [3.63, 3.8) is 0 Å². The van der Waals surface area contributed by atoms with Gasteiger partial charge in [0.25, 0.3) is 0 Å². The van der Waals surface area contributed by atoms with Gasteiger partial charge in [0, 0.05) is 7.05 Å². The van der Waals surface area contributed by atoms with Crippen LogP contribution >= 0.6 is 0 Å². The van der Waals surface area contributed by atoms with Crippen molar-refractivity contribution in [2.24, 2.45) is 5.14 Å². The summed E-state index contributed by atoms with van der Waals surface area (Å²) in [5.74, 6) is -0.612. The van der Waals surface area contributed by atoms with Crippen LogP contribution in [0.5, 0.6) is 0 Å². The van der Waals surface area contributed by atoms with Gasteiger partial charge in [-0.25, -0.2) is 18.4 Å². The Bertz CT molecular complexity index is 692. The van der Waals surface area contributed by atoms with Gasteiger partial charge in [-0.15, -0.1) is 0 Å². The first-order chi connectivity index (χ1) is 10.9. The zero-order chi connectivity index (χ0) is 18.5. The monoisotopic (exact) mass is 358 g/mol. The fraction of sp³-hybridized carbons (Fsp3) is 0.467. The summed E-state index contributed by atoms with van der Waals surface area (Å²) in [6, 6.07) is 5.63. The number of rotatable bonds is 5. The standard InChI is InChI=1S/C15H22N2O6S/c1-15(2,3)23-14(19)17(4)9-13(18)22-10-11-5-7-12(8-6-11)24(16,20)21/h5-8H,9-10H2,1-4H3,(H2,16,20,21). The van der Waals surface area contributed by atoms with Gasteiger partial charge in [-0.05, 0) is 38.5 Å². The van der Waals surface area contributed by atoms with Crippen molar-refractivity contribution in [1.29, 1.82) is 0 Å². The normalized spacial score (nSPS) is 11.7. The summed E-state index contributed by atoms with van der Waals surface area (Å²) in [6.45, 7) is 4.86. The number of nitrogens with two attached hydrogens (primary N) is 1. The molecular formula is C15H22N2O6S. The first-order valence-corrected chi connectivity index (χ1v) is 8.64. The third-order valence-electron chi connectivity index (χ3n) is 2.72. The average Bonchev–Trinajstić information content (AvgIpc) is 2.42. The van der Waals surface area contributed by atoms with E-state index in [0.29, 0.717) is 5.56 Å². The molecule has 0 bridgehead atoms. The van der Waals surface area contributed by atoms with E-state index in [1.165, 1.54) is 31.3 Å². The van der Waals surface area contributed by atoms with Crippen molar-refractivity contribution in [3.05, 3.63) is 29.8 Å². The molecule has 0 aliphatic heterocycles. The van der Waals surface area contributed by atoms with E-state index in [0.717, 1.165) is 4.90 Å². The highest BCUT2D eigenvalue weighted by atomic mass is 32.2. The lowest BCUT2D eigenvalue weighted by Gasteiger charge is -2.24. The molecule has 24 heavy (non-hydrogen) atoms. The second-order valence-corrected chi connectivity index (χ2v) is 7.75. The lowest BCUT2D eigenvalue weighted by molar-refractivity contribution is -0.145. The van der Waals surface area contributed by atoms with Crippen LogP contribution in [0.4, 0.5) is 4.79 Å². The quantitative estimate of drug-likeness (QED) is 0.792. The van der Waals surface area contributed by atoms with Crippen LogP contribution in [0, 0.1) is 0 Å². The number of carbonyl (C=O) groups is 2. The molecule has 0 atom stereocenters. The summed E-state index contributed by atoms with van der Waals surface area (Å²) in [7, 11) is -2.33. The van der Waals surface area contributed by atoms with E-state index >= 15 is 0 Å². The van der Waals surface area contributed by atoms with Gasteiger partial charge in [0.05, 0.1) is 4.90 Å². The molecule has 0 aliphatic carbocycles. The van der Waals surface area contributed by atoms with Gasteiger partial charge in [0.1, 0.15) is 18.8 Å². The minimum absolute atomic E-state index is 0.0257. The second-order valence-electron chi connectivity index (χ2n) is 6.19. The molecule has 0 radical (unpaired) electrons. The number of hydrogen-bond acceptors (Lipinski definition) is 6. The van der Waals surface area contributed by atoms with Crippen LogP contribution < -0.4 is 5.14 Å². The van der Waals surface area contributed by atoms with Crippen LogP contribution in [-0.4, -0.2) is 44.6 Å². The third kappa shape index (κ3) is 6.97. The molecule has 0 aliphatic rings. The molecule has 1 rings (SSSR count). The minimum Gasteiger partial charge on any atom is -0.459 e. The van der Waals surface area contributed by atoms with Crippen LogP contribution in [0.25, 0.3) is 0 Å². The Morgan fingerprint density at radius 1 is 1.17 bits per heavy atom. The van der Waals surface area contributed by atoms with Crippen molar-refractivity contribution in [2.75, 3.05) is 13.6 Å². The Kier molecular flexibility index (Phi) is 6.33. The van der Waals surface area contributed by atoms with Crippen molar-refractivity contribution in [1.82, 2.24) is 4.90 Å². The molecule has 0 unspecified atom stereocenters. The lowest BCUT2D eigenvalue weighted by atomic mass is 10.2. The van der Waals surface area contributed by atoms with E-state index in [4.69, 9.17) is 14.6 Å². The summed E-state index contributed by atoms with van der Waals surface area (Å²) in [5.41, 5.74) is -0.0592. The Labute approximate surface area is 141 Å². The smallest absolute Gasteiger partial charge is 0.410 e. The highest BCUT2D eigenvalue weighted by molar-refractivity contribution is 7.89. The molecule has 0 fully saturated rings. The predicted molar refractivity (Wildman–Crippen MR) is 86.5 cm³/mol. The molecule has 0 saturated heterocycles. The number of sulfonamides is 1. The molecule has 134 valence electrons. The van der Waals surface area contributed by atoms with Gasteiger partial charge in [-0.3, -0.25) is 4.79 Å². The van der Waals surface area contributed by atoms with Crippen molar-refractivity contribution in [3.8, 4) is 0 Å². The Morgan fingerprint density at radius 3 is 2.17 bits per heavy atom. The summed E-state index contributed by atoms with van der Waals surface area (Å²) in [6.07, 6.45) is -0.628. The van der Waals surface area contributed by atoms with Crippen LogP contribution in [0.3, 0.4) is 0 Å². The number of hydrogen-bond donors (Lipinski definition) is 1. The number of esters is 1. The molecule has 0 saturated carbocycles. The summed E-state index contributed by atoms with van der Waals surface area (Å²) in [4.78, 5) is 24.5. The van der Waals surface area contributed by atoms with Gasteiger partial charge in [0.2, 0.25) is 10.0 Å². The molecule has 8 nitrogen and oxygen atoms in total. The molecule has 1 aromatic rings. The van der Waals surface area contributed by atoms with Gasteiger partial charge in [-0.1, -0.05) is 12.1 Å². The van der Waals surface area contributed by atoms with E-state index in [1.54, 1.807) is 20.8 Å². The van der Waals surface area contributed by atoms with Gasteiger partial charge in [0.15, 0.2) is 0 Å². The van der Waals surface area contributed by atoms with Gasteiger partial charge < -0.3 is 14.4 Å². The van der Waals surface area contributed by atoms with E-state index in [-0.39, 0.29) is 18.0 Å². The molecule has 0 aromatic heterocycles. The minimum atomic E-state index is -3.76. The zero-order valence-electron chi connectivity index (χ0n) is 14.1. The molecule has 1 amide bonds. The number of ether oxygens (including phenoxy) is 2. The predicted octanol–water partition coefficient (Wildman–Crippen LogP) is 1.24. The zero-order valence-corrected chi connectivity index (χ0v) is 14.9. The number of carbonyl (C=O) groups excluding carboxylic acids is 2. The Morgan fingerprint density at radius 2 is 1.71 bits per heavy atom. The number of primary sulfonamides is 1. The largest absolute Gasteiger partial charge is 0.459 e. The average molecular weight is 358 g/mol. The van der Waals surface area contributed by atoms with Crippen LogP contribution in [0.1, 0.15) is 26.3 Å². The van der Waals surface area contributed by atoms with E-state index in [2.05, 4.69) is 0 Å². The maximum absolute atomic E-state index is 11.7. The fourth-order valence-corrected chi connectivity index (χ4v) is 2.10. The first kappa shape index (κ1) is 19.9.